The molecule has 7 nitrogen and oxygen atoms in total. The van der Waals surface area contributed by atoms with Crippen LogP contribution in [0.25, 0.3) is 11.1 Å². The highest BCUT2D eigenvalue weighted by Crippen LogP contribution is 2.44. The minimum absolute atomic E-state index is 0.0450. The summed E-state index contributed by atoms with van der Waals surface area (Å²) < 4.78 is 20.3. The Kier molecular flexibility index (Phi) is 9.97. The van der Waals surface area contributed by atoms with Gasteiger partial charge in [-0.3, -0.25) is 4.79 Å². The SMILES string of the molecule is CCc1cccc(-c2c(F)cccc2C(O)(CCCNC(=O)OC)[C@@H]2CCCN(C(=O)C3CCCNC3)C2)c1. The van der Waals surface area contributed by atoms with Crippen molar-refractivity contribution in [2.24, 2.45) is 11.8 Å². The van der Waals surface area contributed by atoms with Crippen LogP contribution in [0, 0.1) is 17.7 Å². The molecule has 2 fully saturated rings. The smallest absolute Gasteiger partial charge is 0.406 e. The van der Waals surface area contributed by atoms with Crippen molar-refractivity contribution in [3.63, 3.8) is 0 Å². The summed E-state index contributed by atoms with van der Waals surface area (Å²) in [5.74, 6) is -0.572. The normalized spacial score (nSPS) is 21.2. The van der Waals surface area contributed by atoms with Gasteiger partial charge < -0.3 is 25.4 Å². The number of hydrogen-bond acceptors (Lipinski definition) is 5. The van der Waals surface area contributed by atoms with Gasteiger partial charge in [0.15, 0.2) is 0 Å². The number of carbonyl (C=O) groups excluding carboxylic acids is 2. The molecule has 0 aliphatic carbocycles. The predicted molar refractivity (Wildman–Crippen MR) is 150 cm³/mol. The van der Waals surface area contributed by atoms with E-state index >= 15 is 4.39 Å². The second-order valence-electron chi connectivity index (χ2n) is 10.8. The summed E-state index contributed by atoms with van der Waals surface area (Å²) in [6.45, 7) is 5.08. The van der Waals surface area contributed by atoms with Crippen LogP contribution in [-0.2, 0) is 21.6 Å². The van der Waals surface area contributed by atoms with Crippen molar-refractivity contribution < 1.29 is 23.8 Å². The quantitative estimate of drug-likeness (QED) is 0.405. The highest BCUT2D eigenvalue weighted by molar-refractivity contribution is 5.79. The van der Waals surface area contributed by atoms with Crippen LogP contribution in [0.1, 0.15) is 56.6 Å². The van der Waals surface area contributed by atoms with E-state index in [1.165, 1.54) is 13.2 Å². The van der Waals surface area contributed by atoms with Crippen molar-refractivity contribution in [1.82, 2.24) is 15.5 Å². The van der Waals surface area contributed by atoms with E-state index in [4.69, 9.17) is 0 Å². The number of hydrogen-bond donors (Lipinski definition) is 3. The number of benzene rings is 2. The Labute approximate surface area is 231 Å². The van der Waals surface area contributed by atoms with Crippen molar-refractivity contribution in [1.29, 1.82) is 0 Å². The van der Waals surface area contributed by atoms with Crippen LogP contribution in [0.2, 0.25) is 0 Å². The van der Waals surface area contributed by atoms with Gasteiger partial charge in [-0.05, 0) is 74.2 Å². The fourth-order valence-electron chi connectivity index (χ4n) is 6.19. The highest BCUT2D eigenvalue weighted by Gasteiger charge is 2.43. The van der Waals surface area contributed by atoms with E-state index in [9.17, 15) is 14.7 Å². The zero-order valence-electron chi connectivity index (χ0n) is 23.2. The van der Waals surface area contributed by atoms with Gasteiger partial charge in [-0.25, -0.2) is 9.18 Å². The van der Waals surface area contributed by atoms with Crippen molar-refractivity contribution in [2.75, 3.05) is 39.8 Å². The lowest BCUT2D eigenvalue weighted by Crippen LogP contribution is -2.51. The Hall–Kier alpha value is -2.97. The molecule has 2 heterocycles. The summed E-state index contributed by atoms with van der Waals surface area (Å²) in [5.41, 5.74) is 1.35. The van der Waals surface area contributed by atoms with E-state index < -0.39 is 11.7 Å². The van der Waals surface area contributed by atoms with Crippen LogP contribution in [0.4, 0.5) is 9.18 Å². The number of ether oxygens (including phenoxy) is 1. The summed E-state index contributed by atoms with van der Waals surface area (Å²) in [7, 11) is 1.31. The summed E-state index contributed by atoms with van der Waals surface area (Å²) in [6.07, 6.45) is 4.40. The molecule has 2 aliphatic heterocycles. The van der Waals surface area contributed by atoms with E-state index in [0.717, 1.165) is 49.8 Å². The maximum Gasteiger partial charge on any atom is 0.406 e. The number of halogens is 1. The zero-order valence-corrected chi connectivity index (χ0v) is 23.2. The third kappa shape index (κ3) is 6.79. The first kappa shape index (κ1) is 29.0. The van der Waals surface area contributed by atoms with Crippen LogP contribution in [0.15, 0.2) is 42.5 Å². The molecule has 2 amide bonds. The third-order valence-corrected chi connectivity index (χ3v) is 8.35. The van der Waals surface area contributed by atoms with E-state index in [0.29, 0.717) is 50.1 Å². The minimum Gasteiger partial charge on any atom is -0.453 e. The van der Waals surface area contributed by atoms with Crippen LogP contribution >= 0.6 is 0 Å². The summed E-state index contributed by atoms with van der Waals surface area (Å²) in [5, 5.41) is 18.6. The molecule has 2 unspecified atom stereocenters. The van der Waals surface area contributed by atoms with E-state index in [2.05, 4.69) is 22.3 Å². The number of alkyl carbamates (subject to hydrolysis) is 1. The largest absolute Gasteiger partial charge is 0.453 e. The summed E-state index contributed by atoms with van der Waals surface area (Å²) in [4.78, 5) is 27.0. The average molecular weight is 540 g/mol. The van der Waals surface area contributed by atoms with Crippen molar-refractivity contribution in [2.45, 2.75) is 57.5 Å². The summed E-state index contributed by atoms with van der Waals surface area (Å²) >= 11 is 0. The second-order valence-corrected chi connectivity index (χ2v) is 10.8. The standard InChI is InChI=1S/C31H42FN3O4/c1-3-22-9-4-10-23(19-22)28-26(13-5-14-27(28)32)31(38,15-8-17-34-30(37)39-2)25-12-7-18-35(21-25)29(36)24-11-6-16-33-20-24/h4-5,9-10,13-14,19,24-25,33,38H,3,6-8,11-12,15-18,20-21H2,1-2H3,(H,34,37)/t24?,25-,31?/m1/s1. The van der Waals surface area contributed by atoms with Gasteiger partial charge in [-0.15, -0.1) is 0 Å². The average Bonchev–Trinajstić information content (AvgIpc) is 2.99. The van der Waals surface area contributed by atoms with Crippen LogP contribution in [-0.4, -0.2) is 61.8 Å². The fraction of sp³-hybridized carbons (Fsp3) is 0.548. The number of piperidine rings is 2. The molecule has 0 radical (unpaired) electrons. The van der Waals surface area contributed by atoms with Gasteiger partial charge in [0.1, 0.15) is 5.82 Å². The van der Waals surface area contributed by atoms with Crippen LogP contribution < -0.4 is 10.6 Å². The van der Waals surface area contributed by atoms with Gasteiger partial charge in [0.2, 0.25) is 5.91 Å². The van der Waals surface area contributed by atoms with Gasteiger partial charge in [0.05, 0.1) is 18.6 Å². The number of amides is 2. The molecule has 3 atom stereocenters. The molecular formula is C31H42FN3O4. The number of carbonyl (C=O) groups is 2. The number of likely N-dealkylation sites (tertiary alicyclic amines) is 1. The molecule has 2 aliphatic rings. The summed E-state index contributed by atoms with van der Waals surface area (Å²) in [6, 6.07) is 12.7. The maximum atomic E-state index is 15.6. The molecule has 3 N–H and O–H groups in total. The predicted octanol–water partition coefficient (Wildman–Crippen LogP) is 4.62. The Morgan fingerprint density at radius 3 is 2.77 bits per heavy atom. The molecule has 2 aromatic rings. The van der Waals surface area contributed by atoms with Gasteiger partial charge in [0, 0.05) is 37.7 Å². The van der Waals surface area contributed by atoms with Gasteiger partial charge in [-0.2, -0.15) is 0 Å². The second kappa shape index (κ2) is 13.4. The molecule has 0 saturated carbocycles. The third-order valence-electron chi connectivity index (χ3n) is 8.35. The number of methoxy groups -OCH3 is 1. The Bertz CT molecular complexity index is 1140. The molecule has 0 bridgehead atoms. The van der Waals surface area contributed by atoms with Crippen LogP contribution in [0.5, 0.6) is 0 Å². The van der Waals surface area contributed by atoms with E-state index in [1.54, 1.807) is 6.07 Å². The van der Waals surface area contributed by atoms with Crippen molar-refractivity contribution >= 4 is 12.0 Å². The number of aryl methyl sites for hydroxylation is 1. The highest BCUT2D eigenvalue weighted by atomic mass is 19.1. The Morgan fingerprint density at radius 2 is 2.03 bits per heavy atom. The van der Waals surface area contributed by atoms with Crippen LogP contribution in [0.3, 0.4) is 0 Å². The molecule has 39 heavy (non-hydrogen) atoms. The van der Waals surface area contributed by atoms with Crippen molar-refractivity contribution in [3.05, 3.63) is 59.4 Å². The van der Waals surface area contributed by atoms with Gasteiger partial charge >= 0.3 is 6.09 Å². The Balaban J connectivity index is 1.68. The monoisotopic (exact) mass is 539 g/mol. The fourth-order valence-corrected chi connectivity index (χ4v) is 6.19. The van der Waals surface area contributed by atoms with E-state index in [1.807, 2.05) is 35.2 Å². The van der Waals surface area contributed by atoms with Crippen molar-refractivity contribution in [3.8, 4) is 11.1 Å². The minimum atomic E-state index is -1.40. The lowest BCUT2D eigenvalue weighted by atomic mass is 9.72. The van der Waals surface area contributed by atoms with Gasteiger partial charge in [-0.1, -0.05) is 43.3 Å². The molecule has 2 aromatic carbocycles. The number of nitrogens with one attached hydrogen (secondary N) is 2. The van der Waals surface area contributed by atoms with E-state index in [-0.39, 0.29) is 23.6 Å². The molecule has 2 saturated heterocycles. The molecule has 0 aromatic heterocycles. The lowest BCUT2D eigenvalue weighted by molar-refractivity contribution is -0.141. The zero-order chi connectivity index (χ0) is 27.8. The molecule has 8 heteroatoms. The molecule has 0 spiro atoms. The number of nitrogens with zero attached hydrogens (tertiary/aromatic N) is 1. The molecule has 4 rings (SSSR count). The van der Waals surface area contributed by atoms with Gasteiger partial charge in [0.25, 0.3) is 0 Å². The number of rotatable bonds is 9. The first-order chi connectivity index (χ1) is 18.9. The number of aliphatic hydroxyl groups is 1. The molecule has 212 valence electrons. The lowest BCUT2D eigenvalue weighted by Gasteiger charge is -2.44. The first-order valence-electron chi connectivity index (χ1n) is 14.3. The molecular weight excluding hydrogens is 497 g/mol. The maximum absolute atomic E-state index is 15.6. The first-order valence-corrected chi connectivity index (χ1v) is 14.3. The Morgan fingerprint density at radius 1 is 1.21 bits per heavy atom. The topological polar surface area (TPSA) is 90.9 Å².